The Morgan fingerprint density at radius 1 is 1.32 bits per heavy atom. The number of allylic oxidation sites excluding steroid dienone is 1. The van der Waals surface area contributed by atoms with Crippen molar-refractivity contribution in [1.29, 1.82) is 5.26 Å². The quantitative estimate of drug-likeness (QED) is 0.488. The van der Waals surface area contributed by atoms with Gasteiger partial charge in [0.25, 0.3) is 0 Å². The predicted octanol–water partition coefficient (Wildman–Crippen LogP) is 2.72. The Bertz CT molecular complexity index is 656. The number of hydrogen-bond acceptors (Lipinski definition) is 4. The first-order chi connectivity index (χ1) is 9.17. The average molecular weight is 268 g/mol. The summed E-state index contributed by atoms with van der Waals surface area (Å²) in [6.07, 6.45) is 0. The third kappa shape index (κ3) is 2.69. The lowest BCUT2D eigenvalue weighted by atomic mass is 10.0. The largest absolute Gasteiger partial charge is 0.565 e. The van der Waals surface area contributed by atoms with Crippen LogP contribution in [-0.4, -0.2) is 13.0 Å². The second-order valence-electron chi connectivity index (χ2n) is 4.02. The number of benzene rings is 1. The van der Waals surface area contributed by atoms with E-state index in [1.807, 2.05) is 44.2 Å². The van der Waals surface area contributed by atoms with Crippen LogP contribution in [0.15, 0.2) is 30.3 Å². The number of hydrogen-bond donors (Lipinski definition) is 0. The van der Waals surface area contributed by atoms with E-state index < -0.39 is 0 Å². The van der Waals surface area contributed by atoms with E-state index >= 15 is 0 Å². The van der Waals surface area contributed by atoms with Crippen molar-refractivity contribution in [2.75, 3.05) is 0 Å². The number of aromatic nitrogens is 1. The van der Waals surface area contributed by atoms with Gasteiger partial charge >= 0.3 is 8.05 Å². The van der Waals surface area contributed by atoms with E-state index in [2.05, 4.69) is 11.1 Å². The van der Waals surface area contributed by atoms with Crippen molar-refractivity contribution in [2.45, 2.75) is 13.8 Å². The first kappa shape index (κ1) is 13.4. The summed E-state index contributed by atoms with van der Waals surface area (Å²) < 4.78 is 5.44. The summed E-state index contributed by atoms with van der Waals surface area (Å²) in [6, 6.07) is 11.7. The number of nitrogens with zero attached hydrogens (tertiary/aromatic N) is 2. The zero-order chi connectivity index (χ0) is 13.8. The van der Waals surface area contributed by atoms with Gasteiger partial charge in [-0.05, 0) is 19.4 Å². The highest BCUT2D eigenvalue weighted by molar-refractivity contribution is 7.11. The van der Waals surface area contributed by atoms with Gasteiger partial charge in [-0.2, -0.15) is 5.26 Å². The number of nitriles is 1. The first-order valence-electron chi connectivity index (χ1n) is 5.85. The van der Waals surface area contributed by atoms with Crippen molar-refractivity contribution in [2.24, 2.45) is 0 Å². The van der Waals surface area contributed by atoms with Gasteiger partial charge in [-0.25, -0.2) is 4.98 Å². The fraction of sp³-hybridized carbons (Fsp3) is 0.143. The van der Waals surface area contributed by atoms with E-state index in [0.717, 1.165) is 21.1 Å². The standard InChI is InChI=1S/C14H13BN2OS/c1-9-13(17-10(2)19-9)14(18-15)12(8-16)11-6-4-3-5-7-11/h3-7H,15H2,1-2H3. The van der Waals surface area contributed by atoms with Gasteiger partial charge in [-0.1, -0.05) is 30.3 Å². The molecule has 0 spiro atoms. The van der Waals surface area contributed by atoms with Crippen LogP contribution in [0.2, 0.25) is 0 Å². The molecule has 0 N–H and O–H groups in total. The maximum atomic E-state index is 9.43. The highest BCUT2D eigenvalue weighted by atomic mass is 32.1. The molecule has 0 aliphatic carbocycles. The molecule has 1 aromatic heterocycles. The smallest absolute Gasteiger partial charge is 0.322 e. The summed E-state index contributed by atoms with van der Waals surface area (Å²) in [7, 11) is 1.57. The highest BCUT2D eigenvalue weighted by Crippen LogP contribution is 2.30. The van der Waals surface area contributed by atoms with Crippen molar-refractivity contribution in [3.63, 3.8) is 0 Å². The molecule has 0 unspecified atom stereocenters. The van der Waals surface area contributed by atoms with Gasteiger partial charge in [-0.3, -0.25) is 0 Å². The van der Waals surface area contributed by atoms with Crippen molar-refractivity contribution >= 4 is 30.7 Å². The van der Waals surface area contributed by atoms with E-state index in [4.69, 9.17) is 4.65 Å². The molecular formula is C14H13BN2OS. The molecular weight excluding hydrogens is 255 g/mol. The molecule has 1 aromatic carbocycles. The molecule has 0 atom stereocenters. The molecule has 0 fully saturated rings. The highest BCUT2D eigenvalue weighted by Gasteiger charge is 2.17. The second-order valence-corrected chi connectivity index (χ2v) is 5.43. The molecule has 0 saturated heterocycles. The Hall–Kier alpha value is -2.06. The summed E-state index contributed by atoms with van der Waals surface area (Å²) >= 11 is 1.60. The minimum absolute atomic E-state index is 0.511. The van der Waals surface area contributed by atoms with Crippen LogP contribution in [0, 0.1) is 25.2 Å². The van der Waals surface area contributed by atoms with Crippen LogP contribution < -0.4 is 0 Å². The molecule has 1 heterocycles. The third-order valence-electron chi connectivity index (χ3n) is 2.72. The minimum atomic E-state index is 0.511. The van der Waals surface area contributed by atoms with E-state index in [-0.39, 0.29) is 0 Å². The molecule has 0 bridgehead atoms. The maximum Gasteiger partial charge on any atom is 0.322 e. The van der Waals surface area contributed by atoms with E-state index in [0.29, 0.717) is 11.3 Å². The van der Waals surface area contributed by atoms with Crippen LogP contribution in [0.4, 0.5) is 0 Å². The van der Waals surface area contributed by atoms with Crippen LogP contribution in [0.1, 0.15) is 21.1 Å². The zero-order valence-electron chi connectivity index (χ0n) is 11.1. The fourth-order valence-electron chi connectivity index (χ4n) is 1.91. The number of rotatable bonds is 3. The average Bonchev–Trinajstić information content (AvgIpc) is 2.75. The first-order valence-corrected chi connectivity index (χ1v) is 6.67. The molecule has 2 aromatic rings. The van der Waals surface area contributed by atoms with Crippen LogP contribution in [0.5, 0.6) is 0 Å². The maximum absolute atomic E-state index is 9.43. The Kier molecular flexibility index (Phi) is 4.03. The lowest BCUT2D eigenvalue weighted by Gasteiger charge is -2.09. The molecule has 0 radical (unpaired) electrons. The Morgan fingerprint density at radius 2 is 2.00 bits per heavy atom. The lowest BCUT2D eigenvalue weighted by molar-refractivity contribution is 0.571. The normalized spacial score (nSPS) is 11.6. The van der Waals surface area contributed by atoms with Gasteiger partial charge in [0.1, 0.15) is 23.1 Å². The van der Waals surface area contributed by atoms with E-state index in [1.165, 1.54) is 0 Å². The van der Waals surface area contributed by atoms with Gasteiger partial charge in [0, 0.05) is 4.88 Å². The van der Waals surface area contributed by atoms with Crippen LogP contribution in [0.25, 0.3) is 11.3 Å². The van der Waals surface area contributed by atoms with Gasteiger partial charge in [0.15, 0.2) is 0 Å². The Morgan fingerprint density at radius 3 is 2.47 bits per heavy atom. The summed E-state index contributed by atoms with van der Waals surface area (Å²) in [5.74, 6) is 0.538. The molecule has 94 valence electrons. The third-order valence-corrected chi connectivity index (χ3v) is 3.61. The molecule has 0 aliphatic rings. The van der Waals surface area contributed by atoms with Crippen molar-refractivity contribution < 1.29 is 4.65 Å². The van der Waals surface area contributed by atoms with Gasteiger partial charge in [-0.15, -0.1) is 11.3 Å². The number of aryl methyl sites for hydroxylation is 2. The lowest BCUT2D eigenvalue weighted by Crippen LogP contribution is -1.96. The Balaban J connectivity index is 2.64. The number of thiazole rings is 1. The van der Waals surface area contributed by atoms with E-state index in [1.54, 1.807) is 19.4 Å². The molecule has 3 nitrogen and oxygen atoms in total. The SMILES string of the molecule is BOC(=C(C#N)c1ccccc1)c1nc(C)sc1C. The molecule has 2 rings (SSSR count). The molecule has 5 heteroatoms. The summed E-state index contributed by atoms with van der Waals surface area (Å²) in [5, 5.41) is 10.4. The van der Waals surface area contributed by atoms with Gasteiger partial charge in [0.05, 0.1) is 5.01 Å². The van der Waals surface area contributed by atoms with Crippen LogP contribution >= 0.6 is 11.3 Å². The van der Waals surface area contributed by atoms with E-state index in [9.17, 15) is 5.26 Å². The molecule has 0 amide bonds. The van der Waals surface area contributed by atoms with Crippen molar-refractivity contribution in [3.8, 4) is 6.07 Å². The molecule has 19 heavy (non-hydrogen) atoms. The van der Waals surface area contributed by atoms with Crippen molar-refractivity contribution in [1.82, 2.24) is 4.98 Å². The summed E-state index contributed by atoms with van der Waals surface area (Å²) in [4.78, 5) is 5.51. The second kappa shape index (κ2) is 5.72. The van der Waals surface area contributed by atoms with Crippen LogP contribution in [-0.2, 0) is 4.65 Å². The van der Waals surface area contributed by atoms with Crippen molar-refractivity contribution in [3.05, 3.63) is 51.5 Å². The van der Waals surface area contributed by atoms with Crippen LogP contribution in [0.3, 0.4) is 0 Å². The monoisotopic (exact) mass is 268 g/mol. The topological polar surface area (TPSA) is 45.9 Å². The zero-order valence-corrected chi connectivity index (χ0v) is 11.9. The fourth-order valence-corrected chi connectivity index (χ4v) is 2.72. The van der Waals surface area contributed by atoms with Gasteiger partial charge < -0.3 is 4.65 Å². The summed E-state index contributed by atoms with van der Waals surface area (Å²) in [6.45, 7) is 3.93. The Labute approximate surface area is 117 Å². The summed E-state index contributed by atoms with van der Waals surface area (Å²) in [5.41, 5.74) is 2.11. The minimum Gasteiger partial charge on any atom is -0.565 e. The van der Waals surface area contributed by atoms with Gasteiger partial charge in [0.2, 0.25) is 0 Å². The predicted molar refractivity (Wildman–Crippen MR) is 80.1 cm³/mol. The molecule has 0 aliphatic heterocycles. The molecule has 0 saturated carbocycles.